The maximum Gasteiger partial charge on any atom is 0.264 e. The van der Waals surface area contributed by atoms with Crippen molar-refractivity contribution in [3.05, 3.63) is 59.7 Å². The molecule has 0 amide bonds. The van der Waals surface area contributed by atoms with Gasteiger partial charge in [-0.05, 0) is 36.2 Å². The van der Waals surface area contributed by atoms with Crippen LogP contribution < -0.4 is 10.0 Å². The molecule has 0 radical (unpaired) electrons. The maximum atomic E-state index is 12.6. The Bertz CT molecular complexity index is 711. The first-order valence-corrected chi connectivity index (χ1v) is 7.74. The second-order valence-corrected chi connectivity index (χ2v) is 6.58. The summed E-state index contributed by atoms with van der Waals surface area (Å²) in [6.07, 6.45) is 0. The van der Waals surface area contributed by atoms with E-state index in [1.165, 1.54) is 4.31 Å². The summed E-state index contributed by atoms with van der Waals surface area (Å²) >= 11 is 0. The fourth-order valence-corrected chi connectivity index (χ4v) is 3.37. The first-order valence-electron chi connectivity index (χ1n) is 6.30. The van der Waals surface area contributed by atoms with Crippen molar-refractivity contribution in [1.29, 1.82) is 0 Å². The number of hydrogen-bond acceptors (Lipinski definition) is 3. The van der Waals surface area contributed by atoms with Gasteiger partial charge in [-0.15, -0.1) is 0 Å². The number of sulfonamides is 1. The SMILES string of the molecule is Cc1ccccc1N(C)S(=O)(=O)c1cccc(CN)c1. The Morgan fingerprint density at radius 3 is 2.45 bits per heavy atom. The number of nitrogens with zero attached hydrogens (tertiary/aromatic N) is 1. The smallest absolute Gasteiger partial charge is 0.264 e. The molecule has 0 aliphatic heterocycles. The molecule has 0 unspecified atom stereocenters. The summed E-state index contributed by atoms with van der Waals surface area (Å²) in [6, 6.07) is 14.1. The molecule has 4 nitrogen and oxygen atoms in total. The lowest BCUT2D eigenvalue weighted by Gasteiger charge is -2.21. The zero-order valence-electron chi connectivity index (χ0n) is 11.6. The summed E-state index contributed by atoms with van der Waals surface area (Å²) < 4.78 is 26.6. The molecule has 106 valence electrons. The molecule has 0 fully saturated rings. The van der Waals surface area contributed by atoms with E-state index in [-0.39, 0.29) is 4.90 Å². The normalized spacial score (nSPS) is 11.3. The van der Waals surface area contributed by atoms with Crippen LogP contribution in [0, 0.1) is 6.92 Å². The fourth-order valence-electron chi connectivity index (χ4n) is 2.04. The maximum absolute atomic E-state index is 12.6. The summed E-state index contributed by atoms with van der Waals surface area (Å²) in [4.78, 5) is 0.256. The van der Waals surface area contributed by atoms with Crippen LogP contribution in [0.2, 0.25) is 0 Å². The topological polar surface area (TPSA) is 63.4 Å². The summed E-state index contributed by atoms with van der Waals surface area (Å²) in [5.41, 5.74) is 7.94. The highest BCUT2D eigenvalue weighted by atomic mass is 32.2. The van der Waals surface area contributed by atoms with Gasteiger partial charge in [0.2, 0.25) is 0 Å². The third-order valence-corrected chi connectivity index (χ3v) is 5.01. The molecular weight excluding hydrogens is 272 g/mol. The van der Waals surface area contributed by atoms with Crippen molar-refractivity contribution in [2.75, 3.05) is 11.4 Å². The molecule has 0 bridgehead atoms. The minimum atomic E-state index is -3.57. The van der Waals surface area contributed by atoms with Gasteiger partial charge in [0.25, 0.3) is 10.0 Å². The molecule has 2 aromatic carbocycles. The lowest BCUT2D eigenvalue weighted by molar-refractivity contribution is 0.594. The van der Waals surface area contributed by atoms with Gasteiger partial charge in [0.1, 0.15) is 0 Å². The molecule has 2 rings (SSSR count). The second-order valence-electron chi connectivity index (χ2n) is 4.61. The number of para-hydroxylation sites is 1. The lowest BCUT2D eigenvalue weighted by Crippen LogP contribution is -2.27. The minimum absolute atomic E-state index is 0.256. The van der Waals surface area contributed by atoms with Crippen LogP contribution in [0.5, 0.6) is 0 Å². The van der Waals surface area contributed by atoms with Crippen LogP contribution in [0.4, 0.5) is 5.69 Å². The highest BCUT2D eigenvalue weighted by Gasteiger charge is 2.22. The van der Waals surface area contributed by atoms with Gasteiger partial charge in [-0.2, -0.15) is 0 Å². The Kier molecular flexibility index (Phi) is 4.11. The Hall–Kier alpha value is -1.85. The summed E-state index contributed by atoms with van der Waals surface area (Å²) in [6.45, 7) is 2.20. The van der Waals surface area contributed by atoms with E-state index in [0.29, 0.717) is 12.2 Å². The van der Waals surface area contributed by atoms with Crippen molar-refractivity contribution in [2.24, 2.45) is 5.73 Å². The van der Waals surface area contributed by atoms with E-state index in [1.54, 1.807) is 31.3 Å². The fraction of sp³-hybridized carbons (Fsp3) is 0.200. The highest BCUT2D eigenvalue weighted by molar-refractivity contribution is 7.92. The Labute approximate surface area is 119 Å². The molecular formula is C15H18N2O2S. The van der Waals surface area contributed by atoms with E-state index >= 15 is 0 Å². The van der Waals surface area contributed by atoms with E-state index in [1.807, 2.05) is 31.2 Å². The third kappa shape index (κ3) is 2.69. The number of benzene rings is 2. The van der Waals surface area contributed by atoms with Gasteiger partial charge in [-0.3, -0.25) is 4.31 Å². The predicted molar refractivity (Wildman–Crippen MR) is 81.1 cm³/mol. The number of aryl methyl sites for hydroxylation is 1. The Balaban J connectivity index is 2.47. The van der Waals surface area contributed by atoms with Crippen molar-refractivity contribution in [2.45, 2.75) is 18.4 Å². The third-order valence-electron chi connectivity index (χ3n) is 3.25. The van der Waals surface area contributed by atoms with E-state index in [0.717, 1.165) is 11.1 Å². The number of rotatable bonds is 4. The standard InChI is InChI=1S/C15H18N2O2S/c1-12-6-3-4-9-15(12)17(2)20(18,19)14-8-5-7-13(10-14)11-16/h3-10H,11,16H2,1-2H3. The molecule has 0 aliphatic carbocycles. The number of anilines is 1. The van der Waals surface area contributed by atoms with Crippen LogP contribution in [0.25, 0.3) is 0 Å². The van der Waals surface area contributed by atoms with Crippen molar-refractivity contribution < 1.29 is 8.42 Å². The van der Waals surface area contributed by atoms with Crippen molar-refractivity contribution >= 4 is 15.7 Å². The van der Waals surface area contributed by atoms with E-state index in [4.69, 9.17) is 5.73 Å². The highest BCUT2D eigenvalue weighted by Crippen LogP contribution is 2.25. The van der Waals surface area contributed by atoms with Gasteiger partial charge in [0.05, 0.1) is 10.6 Å². The van der Waals surface area contributed by atoms with Crippen molar-refractivity contribution in [3.63, 3.8) is 0 Å². The van der Waals surface area contributed by atoms with E-state index in [2.05, 4.69) is 0 Å². The molecule has 0 aliphatic rings. The van der Waals surface area contributed by atoms with Gasteiger partial charge < -0.3 is 5.73 Å². The summed E-state index contributed by atoms with van der Waals surface area (Å²) in [5.74, 6) is 0. The van der Waals surface area contributed by atoms with Crippen LogP contribution in [0.3, 0.4) is 0 Å². The van der Waals surface area contributed by atoms with Gasteiger partial charge in [0, 0.05) is 13.6 Å². The Morgan fingerprint density at radius 1 is 1.10 bits per heavy atom. The zero-order chi connectivity index (χ0) is 14.8. The van der Waals surface area contributed by atoms with Gasteiger partial charge >= 0.3 is 0 Å². The number of hydrogen-bond donors (Lipinski definition) is 1. The molecule has 0 spiro atoms. The van der Waals surface area contributed by atoms with Crippen molar-refractivity contribution in [1.82, 2.24) is 0 Å². The quantitative estimate of drug-likeness (QED) is 0.939. The molecule has 0 aromatic heterocycles. The molecule has 0 atom stereocenters. The van der Waals surface area contributed by atoms with Crippen LogP contribution in [-0.4, -0.2) is 15.5 Å². The van der Waals surface area contributed by atoms with Crippen LogP contribution in [0.15, 0.2) is 53.4 Å². The van der Waals surface area contributed by atoms with E-state index in [9.17, 15) is 8.42 Å². The molecule has 0 saturated carbocycles. The first-order chi connectivity index (χ1) is 9.46. The van der Waals surface area contributed by atoms with Crippen LogP contribution in [-0.2, 0) is 16.6 Å². The molecule has 0 saturated heterocycles. The number of nitrogens with two attached hydrogens (primary N) is 1. The van der Waals surface area contributed by atoms with Gasteiger partial charge in [0.15, 0.2) is 0 Å². The average molecular weight is 290 g/mol. The van der Waals surface area contributed by atoms with Crippen molar-refractivity contribution in [3.8, 4) is 0 Å². The zero-order valence-corrected chi connectivity index (χ0v) is 12.4. The Morgan fingerprint density at radius 2 is 1.80 bits per heavy atom. The molecule has 5 heteroatoms. The first kappa shape index (κ1) is 14.6. The molecule has 2 aromatic rings. The summed E-state index contributed by atoms with van der Waals surface area (Å²) in [7, 11) is -2.01. The monoisotopic (exact) mass is 290 g/mol. The second kappa shape index (κ2) is 5.64. The van der Waals surface area contributed by atoms with Crippen LogP contribution in [0.1, 0.15) is 11.1 Å². The van der Waals surface area contributed by atoms with Crippen LogP contribution >= 0.6 is 0 Å². The largest absolute Gasteiger partial charge is 0.326 e. The van der Waals surface area contributed by atoms with Gasteiger partial charge in [-0.25, -0.2) is 8.42 Å². The molecule has 2 N–H and O–H groups in total. The average Bonchev–Trinajstić information content (AvgIpc) is 2.47. The molecule has 0 heterocycles. The minimum Gasteiger partial charge on any atom is -0.326 e. The van der Waals surface area contributed by atoms with Gasteiger partial charge in [-0.1, -0.05) is 30.3 Å². The lowest BCUT2D eigenvalue weighted by atomic mass is 10.2. The van der Waals surface area contributed by atoms with E-state index < -0.39 is 10.0 Å². The summed E-state index contributed by atoms with van der Waals surface area (Å²) in [5, 5.41) is 0. The predicted octanol–water partition coefficient (Wildman–Crippen LogP) is 2.28. The molecule has 20 heavy (non-hydrogen) atoms.